The van der Waals surface area contributed by atoms with Gasteiger partial charge in [0.2, 0.25) is 0 Å². The Kier molecular flexibility index (Phi) is 2.37. The molecule has 2 atom stereocenters. The van der Waals surface area contributed by atoms with Gasteiger partial charge in [-0.3, -0.25) is 0 Å². The first kappa shape index (κ1) is 9.22. The van der Waals surface area contributed by atoms with Gasteiger partial charge in [-0.1, -0.05) is 18.2 Å². The Morgan fingerprint density at radius 2 is 2.00 bits per heavy atom. The number of piperazine rings is 1. The van der Waals surface area contributed by atoms with E-state index in [0.29, 0.717) is 0 Å². The monoisotopic (exact) mass is 202 g/mol. The zero-order valence-electron chi connectivity index (χ0n) is 9.02. The van der Waals surface area contributed by atoms with Crippen molar-refractivity contribution < 1.29 is 0 Å². The molecule has 1 saturated carbocycles. The molecule has 1 aromatic carbocycles. The van der Waals surface area contributed by atoms with E-state index in [1.165, 1.54) is 24.9 Å². The van der Waals surface area contributed by atoms with E-state index >= 15 is 0 Å². The van der Waals surface area contributed by atoms with Crippen LogP contribution in [-0.4, -0.2) is 25.2 Å². The van der Waals surface area contributed by atoms with E-state index in [0.717, 1.165) is 25.2 Å². The summed E-state index contributed by atoms with van der Waals surface area (Å²) < 4.78 is 0. The third-order valence-electron chi connectivity index (χ3n) is 3.73. The summed E-state index contributed by atoms with van der Waals surface area (Å²) in [5.74, 6) is 0. The Morgan fingerprint density at radius 3 is 2.87 bits per heavy atom. The molecule has 0 bridgehead atoms. The summed E-state index contributed by atoms with van der Waals surface area (Å²) >= 11 is 0. The van der Waals surface area contributed by atoms with E-state index in [4.69, 9.17) is 0 Å². The third-order valence-corrected chi connectivity index (χ3v) is 3.73. The number of anilines is 1. The third kappa shape index (κ3) is 1.63. The second kappa shape index (κ2) is 3.86. The van der Waals surface area contributed by atoms with Crippen molar-refractivity contribution in [2.45, 2.75) is 31.3 Å². The summed E-state index contributed by atoms with van der Waals surface area (Å²) in [7, 11) is 0. The summed E-state index contributed by atoms with van der Waals surface area (Å²) in [5, 5.41) is 3.64. The van der Waals surface area contributed by atoms with E-state index < -0.39 is 0 Å². The van der Waals surface area contributed by atoms with E-state index in [9.17, 15) is 0 Å². The van der Waals surface area contributed by atoms with E-state index in [2.05, 4.69) is 40.5 Å². The lowest BCUT2D eigenvalue weighted by Crippen LogP contribution is -2.55. The summed E-state index contributed by atoms with van der Waals surface area (Å²) in [4.78, 5) is 2.59. The molecule has 1 saturated heterocycles. The van der Waals surface area contributed by atoms with Crippen LogP contribution < -0.4 is 10.2 Å². The fourth-order valence-corrected chi connectivity index (χ4v) is 3.03. The van der Waals surface area contributed by atoms with Crippen LogP contribution in [0.5, 0.6) is 0 Å². The average Bonchev–Trinajstić information content (AvgIpc) is 2.78. The molecule has 0 unspecified atom stereocenters. The average molecular weight is 202 g/mol. The standard InChI is InChI=1S/C13H18N2/c1-2-5-11(6-3-1)15-10-9-14-12-7-4-8-13(12)15/h1-3,5-6,12-14H,4,7-10H2/t12-,13+/m0/s1. The van der Waals surface area contributed by atoms with Crippen molar-refractivity contribution in [2.24, 2.45) is 0 Å². The highest BCUT2D eigenvalue weighted by Crippen LogP contribution is 2.30. The molecule has 80 valence electrons. The zero-order chi connectivity index (χ0) is 10.1. The molecule has 0 spiro atoms. The number of hydrogen-bond donors (Lipinski definition) is 1. The van der Waals surface area contributed by atoms with Crippen LogP contribution in [0.4, 0.5) is 5.69 Å². The predicted octanol–water partition coefficient (Wildman–Crippen LogP) is 2.02. The van der Waals surface area contributed by atoms with Crippen LogP contribution in [0.3, 0.4) is 0 Å². The molecule has 2 nitrogen and oxygen atoms in total. The minimum absolute atomic E-state index is 0.735. The number of hydrogen-bond acceptors (Lipinski definition) is 2. The number of rotatable bonds is 1. The first-order valence-corrected chi connectivity index (χ1v) is 6.00. The van der Waals surface area contributed by atoms with Gasteiger partial charge in [0, 0.05) is 30.9 Å². The first-order chi connectivity index (χ1) is 7.45. The minimum atomic E-state index is 0.735. The smallest absolute Gasteiger partial charge is 0.0443 e. The van der Waals surface area contributed by atoms with Crippen LogP contribution in [0.15, 0.2) is 30.3 Å². The quantitative estimate of drug-likeness (QED) is 0.749. The van der Waals surface area contributed by atoms with Crippen molar-refractivity contribution in [3.8, 4) is 0 Å². The first-order valence-electron chi connectivity index (χ1n) is 6.00. The fourth-order valence-electron chi connectivity index (χ4n) is 3.03. The molecule has 2 heteroatoms. The number of benzene rings is 1. The molecule has 1 heterocycles. The molecule has 2 aliphatic rings. The van der Waals surface area contributed by atoms with E-state index in [-0.39, 0.29) is 0 Å². The SMILES string of the molecule is c1ccc(N2CCN[C@H]3CCC[C@H]32)cc1. The molecule has 0 aromatic heterocycles. The van der Waals surface area contributed by atoms with Gasteiger partial charge in [-0.25, -0.2) is 0 Å². The molecule has 3 rings (SSSR count). The van der Waals surface area contributed by atoms with Crippen molar-refractivity contribution in [3.05, 3.63) is 30.3 Å². The van der Waals surface area contributed by atoms with Gasteiger partial charge in [0.15, 0.2) is 0 Å². The van der Waals surface area contributed by atoms with Gasteiger partial charge < -0.3 is 10.2 Å². The summed E-state index contributed by atoms with van der Waals surface area (Å²) in [5.41, 5.74) is 1.40. The van der Waals surface area contributed by atoms with Gasteiger partial charge in [0.25, 0.3) is 0 Å². The molecule has 1 aromatic rings. The van der Waals surface area contributed by atoms with Gasteiger partial charge in [-0.05, 0) is 31.4 Å². The Hall–Kier alpha value is -1.02. The molecule has 2 fully saturated rings. The molecule has 1 N–H and O–H groups in total. The Morgan fingerprint density at radius 1 is 1.13 bits per heavy atom. The van der Waals surface area contributed by atoms with E-state index in [1.54, 1.807) is 0 Å². The predicted molar refractivity (Wildman–Crippen MR) is 63.2 cm³/mol. The van der Waals surface area contributed by atoms with Crippen LogP contribution in [0, 0.1) is 0 Å². The van der Waals surface area contributed by atoms with Gasteiger partial charge in [0.05, 0.1) is 0 Å². The number of para-hydroxylation sites is 1. The molecule has 0 radical (unpaired) electrons. The molecule has 1 aliphatic heterocycles. The van der Waals surface area contributed by atoms with Crippen molar-refractivity contribution in [2.75, 3.05) is 18.0 Å². The van der Waals surface area contributed by atoms with Crippen molar-refractivity contribution in [3.63, 3.8) is 0 Å². The van der Waals surface area contributed by atoms with Crippen LogP contribution in [0.25, 0.3) is 0 Å². The highest BCUT2D eigenvalue weighted by Gasteiger charge is 2.34. The van der Waals surface area contributed by atoms with Crippen molar-refractivity contribution >= 4 is 5.69 Å². The van der Waals surface area contributed by atoms with Gasteiger partial charge in [-0.15, -0.1) is 0 Å². The molecule has 0 amide bonds. The minimum Gasteiger partial charge on any atom is -0.366 e. The van der Waals surface area contributed by atoms with Crippen LogP contribution in [-0.2, 0) is 0 Å². The van der Waals surface area contributed by atoms with Gasteiger partial charge in [0.1, 0.15) is 0 Å². The Balaban J connectivity index is 1.85. The van der Waals surface area contributed by atoms with Gasteiger partial charge in [-0.2, -0.15) is 0 Å². The van der Waals surface area contributed by atoms with Crippen LogP contribution in [0.2, 0.25) is 0 Å². The highest BCUT2D eigenvalue weighted by atomic mass is 15.2. The summed E-state index contributed by atoms with van der Waals surface area (Å²) in [6.07, 6.45) is 4.09. The Bertz CT molecular complexity index is 323. The fraction of sp³-hybridized carbons (Fsp3) is 0.538. The lowest BCUT2D eigenvalue weighted by atomic mass is 10.1. The number of fused-ring (bicyclic) bond motifs is 1. The lowest BCUT2D eigenvalue weighted by Gasteiger charge is -2.40. The van der Waals surface area contributed by atoms with Crippen LogP contribution in [0.1, 0.15) is 19.3 Å². The van der Waals surface area contributed by atoms with Crippen molar-refractivity contribution in [1.29, 1.82) is 0 Å². The normalized spacial score (nSPS) is 30.3. The molecule has 15 heavy (non-hydrogen) atoms. The zero-order valence-corrected chi connectivity index (χ0v) is 9.02. The summed E-state index contributed by atoms with van der Waals surface area (Å²) in [6, 6.07) is 12.3. The van der Waals surface area contributed by atoms with Gasteiger partial charge >= 0.3 is 0 Å². The Labute approximate surface area is 91.3 Å². The summed E-state index contributed by atoms with van der Waals surface area (Å²) in [6.45, 7) is 2.29. The number of nitrogens with one attached hydrogen (secondary N) is 1. The maximum absolute atomic E-state index is 3.64. The van der Waals surface area contributed by atoms with Crippen LogP contribution >= 0.6 is 0 Å². The maximum Gasteiger partial charge on any atom is 0.0443 e. The second-order valence-electron chi connectivity index (χ2n) is 4.59. The molecular weight excluding hydrogens is 184 g/mol. The topological polar surface area (TPSA) is 15.3 Å². The molecule has 1 aliphatic carbocycles. The number of nitrogens with zero attached hydrogens (tertiary/aromatic N) is 1. The highest BCUT2D eigenvalue weighted by molar-refractivity contribution is 5.48. The maximum atomic E-state index is 3.64. The lowest BCUT2D eigenvalue weighted by molar-refractivity contribution is 0.404. The van der Waals surface area contributed by atoms with Crippen molar-refractivity contribution in [1.82, 2.24) is 5.32 Å². The van der Waals surface area contributed by atoms with E-state index in [1.807, 2.05) is 0 Å². The molecular formula is C13H18N2. The second-order valence-corrected chi connectivity index (χ2v) is 4.59. The largest absolute Gasteiger partial charge is 0.366 e.